The third-order valence-corrected chi connectivity index (χ3v) is 44.4. The van der Waals surface area contributed by atoms with Gasteiger partial charge in [0.1, 0.15) is 41.3 Å². The van der Waals surface area contributed by atoms with Crippen molar-refractivity contribution >= 4 is 58.9 Å². The topological polar surface area (TPSA) is 324 Å². The summed E-state index contributed by atoms with van der Waals surface area (Å²) in [5.41, 5.74) is 1.78. The van der Waals surface area contributed by atoms with Gasteiger partial charge in [-0.3, -0.25) is 47.9 Å². The predicted molar refractivity (Wildman–Crippen MR) is 506 cm³/mol. The quantitative estimate of drug-likeness (QED) is 0.0709. The number of phenolic OH excluding ortho intramolecular Hbond substituents is 2. The Bertz CT molecular complexity index is 5200. The number of esters is 6. The van der Waals surface area contributed by atoms with Gasteiger partial charge in [0.15, 0.2) is 41.4 Å². The number of aliphatic hydroxyl groups excluding tert-OH is 1. The largest absolute Gasteiger partial charge is 0.508 e. The second kappa shape index (κ2) is 33.0. The highest BCUT2D eigenvalue weighted by atomic mass is 16.7. The van der Waals surface area contributed by atoms with Crippen LogP contribution in [-0.2, 0) is 98.7 Å². The number of allylic oxidation sites excluding steroid dienone is 6. The van der Waals surface area contributed by atoms with Gasteiger partial charge in [-0.25, -0.2) is 0 Å². The Morgan fingerprint density at radius 2 is 0.752 bits per heavy atom. The number of hydrogen-bond acceptors (Lipinski definition) is 23. The van der Waals surface area contributed by atoms with Crippen LogP contribution >= 0.6 is 0 Å². The number of ether oxygens (including phenoxy) is 10. The molecule has 3 N–H and O–H groups in total. The highest BCUT2D eigenvalue weighted by Crippen LogP contribution is 2.91. The highest BCUT2D eigenvalue weighted by Gasteiger charge is 2.87. The lowest BCUT2D eigenvalue weighted by atomic mass is 9.43. The van der Waals surface area contributed by atoms with E-state index in [1.807, 2.05) is 37.3 Å². The minimum absolute atomic E-state index is 0.0523. The Hall–Kier alpha value is -8.02. The molecule has 0 bridgehead atoms. The van der Waals surface area contributed by atoms with Crippen LogP contribution in [0.4, 0.5) is 0 Å². The van der Waals surface area contributed by atoms with Gasteiger partial charge in [-0.2, -0.15) is 0 Å². The molecule has 2 saturated heterocycles. The Morgan fingerprint density at radius 3 is 1.06 bits per heavy atom. The first-order valence-electron chi connectivity index (χ1n) is 52.2. The third-order valence-electron chi connectivity index (χ3n) is 44.4. The molecule has 23 nitrogen and oxygen atoms in total. The molecule has 4 aliphatic heterocycles. The van der Waals surface area contributed by atoms with Crippen molar-refractivity contribution in [1.29, 1.82) is 0 Å². The van der Waals surface area contributed by atoms with Crippen LogP contribution in [0.25, 0.3) is 0 Å². The van der Waals surface area contributed by atoms with E-state index in [2.05, 4.69) is 115 Å². The van der Waals surface area contributed by atoms with Crippen LogP contribution in [0.1, 0.15) is 272 Å². The molecule has 8 unspecified atom stereocenters. The standard InChI is InChI=1S/2C40H52O8.C34H48O7/c2*1-21-19-45-40(29(21)16-26-8-9-27(43)17-31(26)48-40)35(47-25(5)42)23(3)34-32(46-24(4)41)18-37(7)33-11-10-28-22(2)30(44)12-13-38(28)20-39(33,38)15-14-36(34,37)6;1-18(16-35)19(2)29(39)30(41-23(6)37)21(4)28-26(40-22(5)36)15-32(8)27-10-9-24-20(3)25(38)11-12-33(24)17-34(27,33)14-13-31(28,32)7/h2*8-9,12-13,17,21-23,28-29,32-35,43H,10-11,14-16,18-20H2,1-7H3;11-12,18,20-21,24,26-28,30,35H,2,9-10,13-17H2,1,3-8H3/t21?,22-,23-,28?,29?,32-,33?,34-,35+,36+,37-,38+,39-,40?;21?,22-,23-,28-,29?,32-,33-,34-,35+,36+,37-,38+,39-,40?;18-,20-,21-,24-,26-,27-,28-,30+,31+,32-,33+,34-/m000/s1. The van der Waals surface area contributed by atoms with Gasteiger partial charge in [0.25, 0.3) is 11.6 Å². The zero-order valence-electron chi connectivity index (χ0n) is 84.9. The second-order valence-corrected chi connectivity index (χ2v) is 49.6. The van der Waals surface area contributed by atoms with Crippen LogP contribution in [-0.4, -0.2) is 142 Å². The van der Waals surface area contributed by atoms with Gasteiger partial charge in [-0.05, 0) is 288 Å². The second-order valence-electron chi connectivity index (χ2n) is 49.6. The molecule has 12 saturated carbocycles. The summed E-state index contributed by atoms with van der Waals surface area (Å²) in [6.45, 7) is 46.2. The molecule has 23 heteroatoms. The first kappa shape index (κ1) is 97.8. The number of rotatable bonds is 18. The van der Waals surface area contributed by atoms with E-state index in [-0.39, 0.29) is 213 Å². The fraction of sp³-hybridized carbons (Fsp3) is 0.737. The van der Waals surface area contributed by atoms with E-state index < -0.39 is 65.7 Å². The molecule has 21 rings (SSSR count). The number of hydrogen-bond donors (Lipinski definition) is 3. The summed E-state index contributed by atoms with van der Waals surface area (Å²) in [5.74, 6) is -2.20. The summed E-state index contributed by atoms with van der Waals surface area (Å²) < 4.78 is 64.2. The van der Waals surface area contributed by atoms with Crippen molar-refractivity contribution in [2.75, 3.05) is 19.8 Å². The van der Waals surface area contributed by atoms with Crippen molar-refractivity contribution in [2.45, 2.75) is 322 Å². The van der Waals surface area contributed by atoms with Crippen molar-refractivity contribution in [3.8, 4) is 23.0 Å². The van der Waals surface area contributed by atoms with Gasteiger partial charge < -0.3 is 62.7 Å². The van der Waals surface area contributed by atoms with Gasteiger partial charge in [0.2, 0.25) is 0 Å². The summed E-state index contributed by atoms with van der Waals surface area (Å²) in [6.07, 6.45) is 27.9. The molecule has 19 aliphatic rings. The zero-order chi connectivity index (χ0) is 98.6. The number of ketones is 4. The minimum Gasteiger partial charge on any atom is -0.508 e. The van der Waals surface area contributed by atoms with Gasteiger partial charge in [0.05, 0.1) is 13.2 Å². The predicted octanol–water partition coefficient (Wildman–Crippen LogP) is 18.9. The molecule has 0 aromatic heterocycles. The third kappa shape index (κ3) is 13.7. The summed E-state index contributed by atoms with van der Waals surface area (Å²) >= 11 is 0. The number of phenols is 2. The van der Waals surface area contributed by atoms with Crippen molar-refractivity contribution in [3.05, 3.63) is 96.1 Å². The lowest BCUT2D eigenvalue weighted by Crippen LogP contribution is -2.62. The molecule has 4 heterocycles. The molecule has 15 aliphatic carbocycles. The number of fused-ring (bicyclic) bond motifs is 10. The fourth-order valence-electron chi connectivity index (χ4n) is 37.9. The molecular formula is C114H152O23. The number of benzene rings is 2. The van der Waals surface area contributed by atoms with Crippen molar-refractivity contribution in [1.82, 2.24) is 0 Å². The molecule has 0 radical (unpaired) electrons. The fourth-order valence-corrected chi connectivity index (χ4v) is 37.9. The summed E-state index contributed by atoms with van der Waals surface area (Å²) in [5, 5.41) is 30.5. The molecule has 137 heavy (non-hydrogen) atoms. The minimum atomic E-state index is -1.24. The molecule has 6 spiro atoms. The average Bonchev–Trinajstić information content (AvgIpc) is 1.47. The number of carbonyl (C=O) groups is 10. The summed E-state index contributed by atoms with van der Waals surface area (Å²) in [7, 11) is 0. The van der Waals surface area contributed by atoms with Crippen LogP contribution in [0.3, 0.4) is 0 Å². The van der Waals surface area contributed by atoms with Crippen LogP contribution < -0.4 is 9.47 Å². The SMILES string of the molecule is C=C(C(=O)[C@H](OC(C)=O)[C@@H](C)[C@H]1[C@@H](OC(C)=O)C[C@@]2(C)[C@@H]3CC[C@H]4[C@H](C)C(=O)C=C[C@@]45C[C@@]35CC[C@]12C)[C@@H](C)CO.CC(=O)O[C@H]1C[C@@]2(C)C3CCC4[C@H](C)C(=O)C=C[C@@]45C[C@@]35CC[C@]2(C)[C@H]1[C@H](C)[C@@H](OC(C)=O)C12OCC(C)C1Cc1ccc(O)cc1O2.CC(=O)O[C@H]1C[C@@]2(C)[C@@H]3CC[C@H]4[C@H](C)C(=O)C=C[C@@]45C[C@@]35CC[C@]2(C)[C@H]1[C@H](C)[C@@H](OC(C)=O)C12OCC(C)C1Cc1ccc(O)cc1O2. The molecule has 2 aromatic rings. The van der Waals surface area contributed by atoms with E-state index >= 15 is 0 Å². The lowest BCUT2D eigenvalue weighted by molar-refractivity contribution is -0.267. The average molecular weight is 1890 g/mol. The highest BCUT2D eigenvalue weighted by molar-refractivity contribution is 6.00. The number of aliphatic hydroxyl groups is 1. The van der Waals surface area contributed by atoms with Gasteiger partial charge in [-0.15, -0.1) is 0 Å². The van der Waals surface area contributed by atoms with E-state index in [1.165, 1.54) is 41.5 Å². The maximum absolute atomic E-state index is 13.7. The van der Waals surface area contributed by atoms with Crippen LogP contribution in [0.15, 0.2) is 85.0 Å². The normalized spacial score (nSPS) is 46.6. The van der Waals surface area contributed by atoms with Crippen LogP contribution in [0.2, 0.25) is 0 Å². The maximum Gasteiger partial charge on any atom is 0.303 e. The maximum atomic E-state index is 13.7. The molecule has 746 valence electrons. The van der Waals surface area contributed by atoms with Crippen molar-refractivity contribution < 1.29 is 111 Å². The van der Waals surface area contributed by atoms with Gasteiger partial charge in [0, 0.05) is 131 Å². The first-order chi connectivity index (χ1) is 64.3. The van der Waals surface area contributed by atoms with Gasteiger partial charge >= 0.3 is 35.8 Å². The summed E-state index contributed by atoms with van der Waals surface area (Å²) in [4.78, 5) is 128. The van der Waals surface area contributed by atoms with Crippen LogP contribution in [0, 0.1) is 183 Å². The molecule has 40 atom stereocenters. The number of aromatic hydroxyl groups is 2. The lowest BCUT2D eigenvalue weighted by Gasteiger charge is -2.61. The van der Waals surface area contributed by atoms with E-state index in [1.54, 1.807) is 31.2 Å². The Kier molecular flexibility index (Phi) is 23.6. The summed E-state index contributed by atoms with van der Waals surface area (Å²) in [6, 6.07) is 10.4. The Labute approximate surface area is 809 Å². The van der Waals surface area contributed by atoms with Gasteiger partial charge in [-0.1, -0.05) is 141 Å². The molecule has 0 amide bonds. The van der Waals surface area contributed by atoms with Crippen molar-refractivity contribution in [3.63, 3.8) is 0 Å². The van der Waals surface area contributed by atoms with E-state index in [4.69, 9.17) is 47.4 Å². The molecule has 14 fully saturated rings. The monoisotopic (exact) mass is 1890 g/mol. The molecule has 2 aromatic carbocycles. The number of carbonyl (C=O) groups excluding carboxylic acids is 10. The van der Waals surface area contributed by atoms with E-state index in [9.17, 15) is 63.3 Å². The van der Waals surface area contributed by atoms with E-state index in [0.29, 0.717) is 79.5 Å². The van der Waals surface area contributed by atoms with Crippen molar-refractivity contribution in [2.24, 2.45) is 183 Å². The first-order valence-corrected chi connectivity index (χ1v) is 52.2. The Morgan fingerprint density at radius 1 is 0.431 bits per heavy atom. The smallest absolute Gasteiger partial charge is 0.303 e. The zero-order valence-corrected chi connectivity index (χ0v) is 84.9. The van der Waals surface area contributed by atoms with Crippen LogP contribution in [0.5, 0.6) is 23.0 Å². The Balaban J connectivity index is 0.000000132. The number of Topliss-reactive ketones (excluding diaryl/α,β-unsaturated/α-hetero) is 1. The molecular weight excluding hydrogens is 1740 g/mol. The van der Waals surface area contributed by atoms with E-state index in [0.717, 1.165) is 120 Å².